The molecule has 8 nitrogen and oxygen atoms in total. The normalized spacial score (nSPS) is 18.2. The molecule has 1 aromatic carbocycles. The maximum atomic E-state index is 12.7. The predicted octanol–water partition coefficient (Wildman–Crippen LogP) is 3.83. The van der Waals surface area contributed by atoms with Crippen molar-refractivity contribution in [2.75, 3.05) is 29.9 Å². The van der Waals surface area contributed by atoms with E-state index >= 15 is 0 Å². The summed E-state index contributed by atoms with van der Waals surface area (Å²) in [6, 6.07) is 11.8. The number of amides is 1. The second kappa shape index (κ2) is 8.61. The number of carbonyl (C=O) groups excluding carboxylic acids is 1. The molecule has 32 heavy (non-hydrogen) atoms. The van der Waals surface area contributed by atoms with Gasteiger partial charge >= 0.3 is 0 Å². The van der Waals surface area contributed by atoms with E-state index in [1.165, 1.54) is 19.3 Å². The number of ether oxygens (including phenoxy) is 1. The van der Waals surface area contributed by atoms with E-state index in [1.807, 2.05) is 50.2 Å². The highest BCUT2D eigenvalue weighted by Gasteiger charge is 2.34. The van der Waals surface area contributed by atoms with Gasteiger partial charge in [-0.05, 0) is 51.3 Å². The van der Waals surface area contributed by atoms with Crippen LogP contribution in [-0.2, 0) is 4.79 Å². The van der Waals surface area contributed by atoms with Crippen molar-refractivity contribution in [2.24, 2.45) is 0 Å². The van der Waals surface area contributed by atoms with Gasteiger partial charge in [0.15, 0.2) is 11.6 Å². The number of rotatable bonds is 5. The van der Waals surface area contributed by atoms with Crippen LogP contribution in [0.1, 0.15) is 55.3 Å². The van der Waals surface area contributed by atoms with Gasteiger partial charge in [-0.15, -0.1) is 10.2 Å². The van der Waals surface area contributed by atoms with Gasteiger partial charge in [0.1, 0.15) is 11.6 Å². The number of nitrogens with one attached hydrogen (secondary N) is 1. The molecule has 2 aromatic heterocycles. The molecule has 0 aliphatic carbocycles. The summed E-state index contributed by atoms with van der Waals surface area (Å²) in [4.78, 5) is 15.0. The van der Waals surface area contributed by atoms with Crippen LogP contribution in [0.25, 0.3) is 5.82 Å². The van der Waals surface area contributed by atoms with Crippen LogP contribution in [-0.4, -0.2) is 45.6 Å². The molecule has 0 radical (unpaired) electrons. The third-order valence-electron chi connectivity index (χ3n) is 6.23. The molecule has 8 heteroatoms. The van der Waals surface area contributed by atoms with Crippen LogP contribution in [0.3, 0.4) is 0 Å². The van der Waals surface area contributed by atoms with Gasteiger partial charge in [0.25, 0.3) is 0 Å². The average Bonchev–Trinajstić information content (AvgIpc) is 3.16. The lowest BCUT2D eigenvalue weighted by Gasteiger charge is -2.27. The van der Waals surface area contributed by atoms with Crippen LogP contribution >= 0.6 is 0 Å². The van der Waals surface area contributed by atoms with Crippen molar-refractivity contribution < 1.29 is 9.53 Å². The van der Waals surface area contributed by atoms with Gasteiger partial charge in [-0.1, -0.05) is 18.2 Å². The maximum Gasteiger partial charge on any atom is 0.226 e. The Morgan fingerprint density at radius 1 is 1.06 bits per heavy atom. The van der Waals surface area contributed by atoms with E-state index in [0.29, 0.717) is 24.7 Å². The molecule has 3 aromatic rings. The molecule has 1 saturated heterocycles. The molecule has 1 N–H and O–H groups in total. The fourth-order valence-corrected chi connectivity index (χ4v) is 4.76. The van der Waals surface area contributed by atoms with Crippen molar-refractivity contribution in [1.82, 2.24) is 20.0 Å². The summed E-state index contributed by atoms with van der Waals surface area (Å²) in [7, 11) is 0. The van der Waals surface area contributed by atoms with Crippen LogP contribution in [0.4, 0.5) is 11.6 Å². The molecule has 2 aliphatic heterocycles. The van der Waals surface area contributed by atoms with Crippen LogP contribution in [0.5, 0.6) is 5.75 Å². The van der Waals surface area contributed by atoms with E-state index in [-0.39, 0.29) is 11.8 Å². The first-order valence-electron chi connectivity index (χ1n) is 11.4. The zero-order valence-electron chi connectivity index (χ0n) is 18.5. The summed E-state index contributed by atoms with van der Waals surface area (Å²) >= 11 is 0. The lowest BCUT2D eigenvalue weighted by Crippen LogP contribution is -2.30. The minimum Gasteiger partial charge on any atom is -0.494 e. The molecule has 2 aliphatic rings. The number of aryl methyl sites for hydroxylation is 1. The first-order valence-corrected chi connectivity index (χ1v) is 11.4. The van der Waals surface area contributed by atoms with Crippen molar-refractivity contribution in [2.45, 2.75) is 45.4 Å². The fraction of sp³-hybridized carbons (Fsp3) is 0.417. The number of carbonyl (C=O) groups is 1. The Hall–Kier alpha value is -3.42. The third kappa shape index (κ3) is 3.70. The Balaban J connectivity index is 1.53. The molecular weight excluding hydrogens is 404 g/mol. The zero-order valence-corrected chi connectivity index (χ0v) is 18.5. The number of aromatic nitrogens is 4. The van der Waals surface area contributed by atoms with E-state index in [0.717, 1.165) is 41.5 Å². The molecule has 0 bridgehead atoms. The highest BCUT2D eigenvalue weighted by molar-refractivity contribution is 5.95. The summed E-state index contributed by atoms with van der Waals surface area (Å²) in [6.07, 6.45) is 4.00. The quantitative estimate of drug-likeness (QED) is 0.660. The van der Waals surface area contributed by atoms with Crippen molar-refractivity contribution in [3.05, 3.63) is 53.2 Å². The first kappa shape index (κ1) is 20.5. The van der Waals surface area contributed by atoms with Crippen molar-refractivity contribution >= 4 is 17.5 Å². The van der Waals surface area contributed by atoms with Crippen LogP contribution in [0.15, 0.2) is 36.4 Å². The van der Waals surface area contributed by atoms with Crippen LogP contribution in [0, 0.1) is 6.92 Å². The summed E-state index contributed by atoms with van der Waals surface area (Å²) in [5, 5.41) is 16.7. The second-order valence-electron chi connectivity index (χ2n) is 8.33. The molecule has 1 fully saturated rings. The number of hydrogen-bond donors (Lipinski definition) is 1. The fourth-order valence-electron chi connectivity index (χ4n) is 4.76. The predicted molar refractivity (Wildman–Crippen MR) is 123 cm³/mol. The largest absolute Gasteiger partial charge is 0.494 e. The van der Waals surface area contributed by atoms with Crippen molar-refractivity contribution in [3.63, 3.8) is 0 Å². The maximum absolute atomic E-state index is 12.7. The topological polar surface area (TPSA) is 85.2 Å². The molecule has 4 heterocycles. The van der Waals surface area contributed by atoms with Gasteiger partial charge in [0.2, 0.25) is 5.91 Å². The average molecular weight is 433 g/mol. The Morgan fingerprint density at radius 3 is 2.56 bits per heavy atom. The summed E-state index contributed by atoms with van der Waals surface area (Å²) in [5.74, 6) is 2.77. The molecule has 166 valence electrons. The van der Waals surface area contributed by atoms with Crippen molar-refractivity contribution in [1.29, 1.82) is 0 Å². The standard InChI is InChI=1S/C24H28N6O2/c1-3-32-19-10-6-5-9-17(19)18-15-22(31)25-24-23(18)16(2)28-30(24)21-12-11-20(26-27-21)29-13-7-4-8-14-29/h5-6,9-12,18H,3-4,7-8,13-15H2,1-2H3,(H,25,31). The molecular formula is C24H28N6O2. The molecule has 1 atom stereocenters. The minimum atomic E-state index is -0.129. The second-order valence-corrected chi connectivity index (χ2v) is 8.33. The van der Waals surface area contributed by atoms with Gasteiger partial charge in [0.05, 0.1) is 12.3 Å². The zero-order chi connectivity index (χ0) is 22.1. The molecule has 1 unspecified atom stereocenters. The highest BCUT2D eigenvalue weighted by atomic mass is 16.5. The summed E-state index contributed by atoms with van der Waals surface area (Å²) in [6.45, 7) is 6.53. The van der Waals surface area contributed by atoms with E-state index < -0.39 is 0 Å². The number of hydrogen-bond acceptors (Lipinski definition) is 6. The van der Waals surface area contributed by atoms with E-state index in [1.54, 1.807) is 4.68 Å². The third-order valence-corrected chi connectivity index (χ3v) is 6.23. The minimum absolute atomic E-state index is 0.0483. The SMILES string of the molecule is CCOc1ccccc1C1CC(=O)Nc2c1c(C)nn2-c1ccc(N2CCCCC2)nn1. The lowest BCUT2D eigenvalue weighted by atomic mass is 9.85. The Morgan fingerprint density at radius 2 is 1.81 bits per heavy atom. The van der Waals surface area contributed by atoms with Gasteiger partial charge in [-0.3, -0.25) is 4.79 Å². The number of nitrogens with zero attached hydrogens (tertiary/aromatic N) is 5. The van der Waals surface area contributed by atoms with Crippen molar-refractivity contribution in [3.8, 4) is 11.6 Å². The molecule has 5 rings (SSSR count). The number of fused-ring (bicyclic) bond motifs is 1. The lowest BCUT2D eigenvalue weighted by molar-refractivity contribution is -0.116. The Bertz CT molecular complexity index is 1120. The van der Waals surface area contributed by atoms with Gasteiger partial charge in [0, 0.05) is 36.6 Å². The Kier molecular flexibility index (Phi) is 5.51. The van der Waals surface area contributed by atoms with Gasteiger partial charge in [-0.25, -0.2) is 0 Å². The van der Waals surface area contributed by atoms with E-state index in [4.69, 9.17) is 9.84 Å². The number of piperidine rings is 1. The van der Waals surface area contributed by atoms with Crippen LogP contribution in [0.2, 0.25) is 0 Å². The van der Waals surface area contributed by atoms with Gasteiger partial charge in [-0.2, -0.15) is 9.78 Å². The van der Waals surface area contributed by atoms with E-state index in [9.17, 15) is 4.79 Å². The number of benzene rings is 1. The number of anilines is 2. The summed E-state index contributed by atoms with van der Waals surface area (Å²) in [5.41, 5.74) is 2.86. The molecule has 0 spiro atoms. The highest BCUT2D eigenvalue weighted by Crippen LogP contribution is 2.42. The smallest absolute Gasteiger partial charge is 0.226 e. The molecule has 1 amide bonds. The molecule has 0 saturated carbocycles. The van der Waals surface area contributed by atoms with Gasteiger partial charge < -0.3 is 15.0 Å². The Labute approximate surface area is 187 Å². The van der Waals surface area contributed by atoms with Crippen LogP contribution < -0.4 is 15.0 Å². The number of para-hydroxylation sites is 1. The first-order chi connectivity index (χ1) is 15.7. The summed E-state index contributed by atoms with van der Waals surface area (Å²) < 4.78 is 7.56. The monoisotopic (exact) mass is 432 g/mol. The van der Waals surface area contributed by atoms with E-state index in [2.05, 4.69) is 20.4 Å².